The summed E-state index contributed by atoms with van der Waals surface area (Å²) in [6, 6.07) is -0.979. The average molecular weight is 938 g/mol. The van der Waals surface area contributed by atoms with E-state index in [0.717, 1.165) is 25.7 Å². The van der Waals surface area contributed by atoms with Crippen molar-refractivity contribution in [2.75, 3.05) is 26.4 Å². The molecule has 17 unspecified atom stereocenters. The van der Waals surface area contributed by atoms with Gasteiger partial charge in [-0.05, 0) is 32.1 Å². The van der Waals surface area contributed by atoms with Gasteiger partial charge in [0, 0.05) is 6.42 Å². The molecule has 0 bridgehead atoms. The highest BCUT2D eigenvalue weighted by Gasteiger charge is 2.53. The molecular formula is C46H83NO18. The smallest absolute Gasteiger partial charge is 0.220 e. The van der Waals surface area contributed by atoms with Crippen LogP contribution in [0, 0.1) is 0 Å². The van der Waals surface area contributed by atoms with Crippen LogP contribution in [0.2, 0.25) is 0 Å². The van der Waals surface area contributed by atoms with Crippen molar-refractivity contribution in [3.8, 4) is 0 Å². The molecule has 0 aliphatic carbocycles. The van der Waals surface area contributed by atoms with Gasteiger partial charge in [-0.3, -0.25) is 4.79 Å². The Hall–Kier alpha value is -1.73. The number of nitrogens with one attached hydrogen (secondary N) is 1. The lowest BCUT2D eigenvalue weighted by atomic mass is 9.96. The van der Waals surface area contributed by atoms with E-state index in [1.165, 1.54) is 70.6 Å². The molecule has 3 heterocycles. The molecule has 0 aromatic carbocycles. The number of hydrogen-bond acceptors (Lipinski definition) is 18. The molecule has 1 amide bonds. The number of hydrogen-bond donors (Lipinski definition) is 12. The van der Waals surface area contributed by atoms with Crippen LogP contribution in [0.25, 0.3) is 0 Å². The Morgan fingerprint density at radius 3 is 1.52 bits per heavy atom. The third-order valence-electron chi connectivity index (χ3n) is 12.3. The minimum absolute atomic E-state index is 0.210. The zero-order valence-electron chi connectivity index (χ0n) is 38.5. The molecule has 12 N–H and O–H groups in total. The van der Waals surface area contributed by atoms with E-state index >= 15 is 0 Å². The topological polar surface area (TPSA) is 307 Å². The molecule has 0 aromatic heterocycles. The lowest BCUT2D eigenvalue weighted by Gasteiger charge is -2.48. The van der Waals surface area contributed by atoms with Crippen LogP contribution in [0.3, 0.4) is 0 Å². The second kappa shape index (κ2) is 32.2. The Morgan fingerprint density at radius 2 is 0.985 bits per heavy atom. The summed E-state index contributed by atoms with van der Waals surface area (Å²) in [5.41, 5.74) is 0. The number of ether oxygens (including phenoxy) is 6. The highest BCUT2D eigenvalue weighted by molar-refractivity contribution is 5.76. The van der Waals surface area contributed by atoms with E-state index in [9.17, 15) is 61.0 Å². The van der Waals surface area contributed by atoms with Crippen LogP contribution in [-0.2, 0) is 33.2 Å². The van der Waals surface area contributed by atoms with Gasteiger partial charge in [-0.15, -0.1) is 0 Å². The van der Waals surface area contributed by atoms with Crippen molar-refractivity contribution in [3.05, 3.63) is 24.3 Å². The first-order valence-corrected chi connectivity index (χ1v) is 24.1. The first-order valence-electron chi connectivity index (χ1n) is 24.1. The number of aliphatic hydroxyl groups is 11. The van der Waals surface area contributed by atoms with E-state index in [0.29, 0.717) is 12.8 Å². The summed E-state index contributed by atoms with van der Waals surface area (Å²) in [4.78, 5) is 12.7. The molecular weight excluding hydrogens is 854 g/mol. The summed E-state index contributed by atoms with van der Waals surface area (Å²) in [6.07, 6.45) is 0.617. The average Bonchev–Trinajstić information content (AvgIpc) is 3.30. The molecule has 3 aliphatic heterocycles. The quantitative estimate of drug-likeness (QED) is 0.0322. The SMILES string of the molecule is CCCCCCCCCCCCCC/C=C/CC/C=C/C(O)C(COC1OC(CO)C(OC2OC(CO)C(OC3OC(CO)C(O)C(O)C3O)C(O)C2O)C(O)C1O)NC(=O)CCCC. The summed E-state index contributed by atoms with van der Waals surface area (Å²) in [5.74, 6) is -0.323. The lowest BCUT2D eigenvalue weighted by molar-refractivity contribution is -0.379. The van der Waals surface area contributed by atoms with Crippen molar-refractivity contribution in [1.29, 1.82) is 0 Å². The Balaban J connectivity index is 1.50. The van der Waals surface area contributed by atoms with E-state index < -0.39 is 124 Å². The van der Waals surface area contributed by atoms with Crippen molar-refractivity contribution >= 4 is 5.91 Å². The van der Waals surface area contributed by atoms with Crippen molar-refractivity contribution < 1.29 is 89.4 Å². The van der Waals surface area contributed by atoms with Crippen molar-refractivity contribution in [1.82, 2.24) is 5.32 Å². The summed E-state index contributed by atoms with van der Waals surface area (Å²) in [5, 5.41) is 119. The first-order chi connectivity index (χ1) is 31.3. The minimum atomic E-state index is -1.97. The summed E-state index contributed by atoms with van der Waals surface area (Å²) in [7, 11) is 0. The van der Waals surface area contributed by atoms with Gasteiger partial charge in [0.05, 0.1) is 38.6 Å². The normalized spacial score (nSPS) is 34.3. The van der Waals surface area contributed by atoms with Crippen LogP contribution in [0.4, 0.5) is 0 Å². The molecule has 3 saturated heterocycles. The fourth-order valence-corrected chi connectivity index (χ4v) is 8.12. The number of carbonyl (C=O) groups excluding carboxylic acids is 1. The maximum absolute atomic E-state index is 12.7. The molecule has 3 aliphatic rings. The first kappa shape index (κ1) is 57.6. The predicted molar refractivity (Wildman–Crippen MR) is 236 cm³/mol. The fraction of sp³-hybridized carbons (Fsp3) is 0.891. The number of unbranched alkanes of at least 4 members (excludes halogenated alkanes) is 14. The molecule has 65 heavy (non-hydrogen) atoms. The molecule has 0 saturated carbocycles. The second-order valence-electron chi connectivity index (χ2n) is 17.6. The van der Waals surface area contributed by atoms with E-state index in [1.54, 1.807) is 6.08 Å². The molecule has 17 atom stereocenters. The maximum atomic E-state index is 12.7. The van der Waals surface area contributed by atoms with Gasteiger partial charge in [0.2, 0.25) is 5.91 Å². The Bertz CT molecular complexity index is 1310. The number of allylic oxidation sites excluding steroid dienone is 3. The molecule has 0 aromatic rings. The maximum Gasteiger partial charge on any atom is 0.220 e. The Morgan fingerprint density at radius 1 is 0.538 bits per heavy atom. The van der Waals surface area contributed by atoms with Crippen LogP contribution in [0.5, 0.6) is 0 Å². The van der Waals surface area contributed by atoms with Gasteiger partial charge in [-0.25, -0.2) is 0 Å². The zero-order chi connectivity index (χ0) is 47.7. The van der Waals surface area contributed by atoms with Crippen LogP contribution >= 0.6 is 0 Å². The standard InChI is InChI=1S/C46H83NO18/c1-3-5-7-8-9-10-11-12-13-14-15-16-17-18-19-20-21-22-23-30(51)29(47-34(52)24-6-4-2)28-60-44-40(58)37(55)42(32(26-49)62-44)65-46-41(59)38(56)43(33(27-50)63-46)64-45-39(57)36(54)35(53)31(25-48)61-45/h18-19,22-23,29-33,35-46,48-51,53-59H,3-17,20-21,24-28H2,1-2H3,(H,47,52)/b19-18+,23-22+. The van der Waals surface area contributed by atoms with E-state index in [4.69, 9.17) is 28.4 Å². The van der Waals surface area contributed by atoms with E-state index in [-0.39, 0.29) is 18.9 Å². The van der Waals surface area contributed by atoms with Gasteiger partial charge in [-0.1, -0.05) is 115 Å². The largest absolute Gasteiger partial charge is 0.394 e. The molecule has 19 heteroatoms. The van der Waals surface area contributed by atoms with Gasteiger partial charge < -0.3 is 89.9 Å². The summed E-state index contributed by atoms with van der Waals surface area (Å²) >= 11 is 0. The number of aliphatic hydroxyl groups excluding tert-OH is 11. The Kier molecular flexibility index (Phi) is 28.5. The third-order valence-corrected chi connectivity index (χ3v) is 12.3. The molecule has 3 fully saturated rings. The van der Waals surface area contributed by atoms with Gasteiger partial charge in [0.25, 0.3) is 0 Å². The van der Waals surface area contributed by atoms with Crippen molar-refractivity contribution in [2.24, 2.45) is 0 Å². The van der Waals surface area contributed by atoms with Crippen molar-refractivity contribution in [3.63, 3.8) is 0 Å². The Labute approximate surface area is 384 Å². The highest BCUT2D eigenvalue weighted by atomic mass is 16.8. The monoisotopic (exact) mass is 938 g/mol. The van der Waals surface area contributed by atoms with Gasteiger partial charge >= 0.3 is 0 Å². The van der Waals surface area contributed by atoms with Crippen molar-refractivity contribution in [2.45, 2.75) is 234 Å². The van der Waals surface area contributed by atoms with Gasteiger partial charge in [0.1, 0.15) is 73.2 Å². The van der Waals surface area contributed by atoms with Crippen LogP contribution in [0.15, 0.2) is 24.3 Å². The predicted octanol–water partition coefficient (Wildman–Crippen LogP) is 0.471. The number of carbonyl (C=O) groups is 1. The fourth-order valence-electron chi connectivity index (χ4n) is 8.12. The molecule has 3 rings (SSSR count). The number of rotatable bonds is 32. The minimum Gasteiger partial charge on any atom is -0.394 e. The highest BCUT2D eigenvalue weighted by Crippen LogP contribution is 2.33. The summed E-state index contributed by atoms with van der Waals surface area (Å²) < 4.78 is 33.8. The van der Waals surface area contributed by atoms with Crippen LogP contribution in [-0.4, -0.2) is 193 Å². The molecule has 0 spiro atoms. The van der Waals surface area contributed by atoms with Crippen LogP contribution in [0.1, 0.15) is 129 Å². The second-order valence-corrected chi connectivity index (χ2v) is 17.6. The van der Waals surface area contributed by atoms with Gasteiger partial charge in [0.15, 0.2) is 18.9 Å². The number of amides is 1. The van der Waals surface area contributed by atoms with Crippen LogP contribution < -0.4 is 5.32 Å². The van der Waals surface area contributed by atoms with Gasteiger partial charge in [-0.2, -0.15) is 0 Å². The zero-order valence-corrected chi connectivity index (χ0v) is 38.5. The third kappa shape index (κ3) is 18.9. The molecule has 380 valence electrons. The summed E-state index contributed by atoms with van der Waals surface area (Å²) in [6.45, 7) is 1.39. The van der Waals surface area contributed by atoms with E-state index in [2.05, 4.69) is 24.4 Å². The molecule has 0 radical (unpaired) electrons. The lowest BCUT2D eigenvalue weighted by Crippen LogP contribution is -2.66. The van der Waals surface area contributed by atoms with E-state index in [1.807, 2.05) is 13.0 Å². The molecule has 19 nitrogen and oxygen atoms in total.